The van der Waals surface area contributed by atoms with Crippen molar-refractivity contribution in [2.45, 2.75) is 32.0 Å². The van der Waals surface area contributed by atoms with Gasteiger partial charge in [-0.3, -0.25) is 9.69 Å². The molecule has 1 aromatic heterocycles. The Bertz CT molecular complexity index is 1280. The predicted octanol–water partition coefficient (Wildman–Crippen LogP) is 5.38. The van der Waals surface area contributed by atoms with Crippen LogP contribution >= 0.6 is 0 Å². The van der Waals surface area contributed by atoms with Gasteiger partial charge in [0.15, 0.2) is 0 Å². The predicted molar refractivity (Wildman–Crippen MR) is 128 cm³/mol. The first-order valence-corrected chi connectivity index (χ1v) is 11.8. The zero-order valence-corrected chi connectivity index (χ0v) is 19.8. The smallest absolute Gasteiger partial charge is 0.481 e. The van der Waals surface area contributed by atoms with Gasteiger partial charge in [-0.25, -0.2) is 9.18 Å². The SMILES string of the molecule is O=C(O)C(F)(F)F.O=C(O)C1CN(Cc2ccc(-c3cc4cc(N5CCCCC5)ccc4o3)c(F)c2)C1. The molecule has 2 aliphatic rings. The lowest BCUT2D eigenvalue weighted by molar-refractivity contribution is -0.192. The van der Waals surface area contributed by atoms with Gasteiger partial charge < -0.3 is 19.5 Å². The van der Waals surface area contributed by atoms with E-state index < -0.39 is 18.1 Å². The van der Waals surface area contributed by atoms with Crippen molar-refractivity contribution < 1.29 is 41.8 Å². The summed E-state index contributed by atoms with van der Waals surface area (Å²) in [6, 6.07) is 13.3. The van der Waals surface area contributed by atoms with Crippen LogP contribution in [0.5, 0.6) is 0 Å². The van der Waals surface area contributed by atoms with Crippen molar-refractivity contribution in [3.05, 3.63) is 53.8 Å². The fraction of sp³-hybridized carbons (Fsp3) is 0.385. The van der Waals surface area contributed by atoms with Crippen molar-refractivity contribution in [2.24, 2.45) is 5.92 Å². The average Bonchev–Trinajstić information content (AvgIpc) is 3.24. The lowest BCUT2D eigenvalue weighted by Crippen LogP contribution is -2.49. The summed E-state index contributed by atoms with van der Waals surface area (Å²) in [7, 11) is 0. The second kappa shape index (κ2) is 10.8. The Kier molecular flexibility index (Phi) is 7.72. The second-order valence-corrected chi connectivity index (χ2v) is 9.23. The van der Waals surface area contributed by atoms with Crippen LogP contribution in [-0.4, -0.2) is 59.4 Å². The maximum absolute atomic E-state index is 14.8. The van der Waals surface area contributed by atoms with E-state index >= 15 is 0 Å². The van der Waals surface area contributed by atoms with Gasteiger partial charge in [-0.05, 0) is 61.2 Å². The van der Waals surface area contributed by atoms with Crippen LogP contribution in [0.4, 0.5) is 23.2 Å². The number of carboxylic acids is 2. The summed E-state index contributed by atoms with van der Waals surface area (Å²) in [4.78, 5) is 24.2. The van der Waals surface area contributed by atoms with E-state index in [0.29, 0.717) is 31.0 Å². The van der Waals surface area contributed by atoms with E-state index in [1.54, 1.807) is 6.07 Å². The van der Waals surface area contributed by atoms with Crippen molar-refractivity contribution in [3.63, 3.8) is 0 Å². The van der Waals surface area contributed by atoms with Crippen LogP contribution in [0.2, 0.25) is 0 Å². The zero-order valence-electron chi connectivity index (χ0n) is 19.8. The van der Waals surface area contributed by atoms with Crippen LogP contribution in [0.15, 0.2) is 46.9 Å². The molecule has 3 heterocycles. The van der Waals surface area contributed by atoms with Gasteiger partial charge in [0.25, 0.3) is 0 Å². The minimum absolute atomic E-state index is 0.306. The third kappa shape index (κ3) is 6.40. The molecular formula is C26H26F4N2O5. The number of benzene rings is 2. The normalized spacial score (nSPS) is 16.7. The highest BCUT2D eigenvalue weighted by Gasteiger charge is 2.38. The minimum atomic E-state index is -5.08. The Hall–Kier alpha value is -3.60. The summed E-state index contributed by atoms with van der Waals surface area (Å²) in [6.07, 6.45) is -1.34. The number of nitrogens with zero attached hydrogens (tertiary/aromatic N) is 2. The Labute approximate surface area is 209 Å². The van der Waals surface area contributed by atoms with Gasteiger partial charge >= 0.3 is 18.1 Å². The second-order valence-electron chi connectivity index (χ2n) is 9.23. The highest BCUT2D eigenvalue weighted by Crippen LogP contribution is 2.33. The molecule has 2 aromatic carbocycles. The van der Waals surface area contributed by atoms with Gasteiger partial charge in [-0.2, -0.15) is 13.2 Å². The number of furan rings is 1. The van der Waals surface area contributed by atoms with Gasteiger partial charge in [0.05, 0.1) is 11.5 Å². The summed E-state index contributed by atoms with van der Waals surface area (Å²) in [5, 5.41) is 17.1. The van der Waals surface area contributed by atoms with Crippen LogP contribution in [0, 0.1) is 11.7 Å². The summed E-state index contributed by atoms with van der Waals surface area (Å²) in [6.45, 7) is 3.75. The molecule has 5 rings (SSSR count). The molecule has 0 amide bonds. The number of alkyl halides is 3. The van der Waals surface area contributed by atoms with E-state index in [0.717, 1.165) is 29.6 Å². The van der Waals surface area contributed by atoms with Gasteiger partial charge in [-0.1, -0.05) is 6.07 Å². The molecule has 198 valence electrons. The molecule has 0 bridgehead atoms. The number of hydrogen-bond donors (Lipinski definition) is 2. The standard InChI is InChI=1S/C24H25FN2O3.C2HF3O2/c25-21-10-16(13-26-14-18(15-26)24(28)29)4-6-20(21)23-12-17-11-19(5-7-22(17)30-23)27-8-2-1-3-9-27;3-2(4,5)1(6)7/h4-7,10-12,18H,1-3,8-9,13-15H2,(H,28,29);(H,6,7). The molecule has 0 atom stereocenters. The fourth-order valence-corrected chi connectivity index (χ4v) is 4.48. The largest absolute Gasteiger partial charge is 0.490 e. The van der Waals surface area contributed by atoms with Crippen molar-refractivity contribution in [3.8, 4) is 11.3 Å². The van der Waals surface area contributed by atoms with Crippen LogP contribution in [-0.2, 0) is 16.1 Å². The lowest BCUT2D eigenvalue weighted by Gasteiger charge is -2.36. The minimum Gasteiger partial charge on any atom is -0.481 e. The van der Waals surface area contributed by atoms with Crippen LogP contribution in [0.25, 0.3) is 22.3 Å². The maximum Gasteiger partial charge on any atom is 0.490 e. The van der Waals surface area contributed by atoms with Crippen LogP contribution in [0.3, 0.4) is 0 Å². The first-order valence-electron chi connectivity index (χ1n) is 11.8. The number of piperidine rings is 1. The number of halogens is 4. The molecule has 7 nitrogen and oxygen atoms in total. The van der Waals surface area contributed by atoms with Gasteiger partial charge in [0.1, 0.15) is 17.2 Å². The van der Waals surface area contributed by atoms with E-state index in [1.807, 2.05) is 23.1 Å². The molecule has 2 N–H and O–H groups in total. The van der Waals surface area contributed by atoms with E-state index in [2.05, 4.69) is 17.0 Å². The molecule has 2 saturated heterocycles. The molecular weight excluding hydrogens is 496 g/mol. The number of aliphatic carboxylic acids is 2. The summed E-state index contributed by atoms with van der Waals surface area (Å²) in [5.74, 6) is -3.62. The van der Waals surface area contributed by atoms with Crippen molar-refractivity contribution >= 4 is 28.6 Å². The molecule has 0 radical (unpaired) electrons. The molecule has 0 saturated carbocycles. The molecule has 2 fully saturated rings. The van der Waals surface area contributed by atoms with E-state index in [4.69, 9.17) is 19.4 Å². The van der Waals surface area contributed by atoms with Crippen LogP contribution in [0.1, 0.15) is 24.8 Å². The third-order valence-electron chi connectivity index (χ3n) is 6.48. The van der Waals surface area contributed by atoms with Crippen molar-refractivity contribution in [2.75, 3.05) is 31.1 Å². The number of carboxylic acid groups (broad SMARTS) is 2. The van der Waals surface area contributed by atoms with Gasteiger partial charge in [0, 0.05) is 43.8 Å². The summed E-state index contributed by atoms with van der Waals surface area (Å²) in [5.41, 5.74) is 3.24. The molecule has 11 heteroatoms. The molecule has 37 heavy (non-hydrogen) atoms. The number of rotatable bonds is 5. The summed E-state index contributed by atoms with van der Waals surface area (Å²) < 4.78 is 52.5. The quantitative estimate of drug-likeness (QED) is 0.435. The first-order chi connectivity index (χ1) is 17.5. The Balaban J connectivity index is 0.000000405. The van der Waals surface area contributed by atoms with E-state index in [1.165, 1.54) is 31.0 Å². The lowest BCUT2D eigenvalue weighted by atomic mass is 9.99. The van der Waals surface area contributed by atoms with E-state index in [-0.39, 0.29) is 11.7 Å². The van der Waals surface area contributed by atoms with E-state index in [9.17, 15) is 22.4 Å². The Morgan fingerprint density at radius 3 is 2.24 bits per heavy atom. The number of carbonyl (C=O) groups is 2. The monoisotopic (exact) mass is 522 g/mol. The van der Waals surface area contributed by atoms with Crippen molar-refractivity contribution in [1.29, 1.82) is 0 Å². The van der Waals surface area contributed by atoms with Gasteiger partial charge in [0.2, 0.25) is 0 Å². The first kappa shape index (κ1) is 26.5. The third-order valence-corrected chi connectivity index (χ3v) is 6.48. The van der Waals surface area contributed by atoms with Crippen molar-refractivity contribution in [1.82, 2.24) is 4.90 Å². The Morgan fingerprint density at radius 2 is 1.65 bits per heavy atom. The Morgan fingerprint density at radius 1 is 0.973 bits per heavy atom. The number of likely N-dealkylation sites (tertiary alicyclic amines) is 1. The number of fused-ring (bicyclic) bond motifs is 1. The molecule has 0 aliphatic carbocycles. The number of anilines is 1. The topological polar surface area (TPSA) is 94.2 Å². The number of hydrogen-bond acceptors (Lipinski definition) is 5. The highest BCUT2D eigenvalue weighted by molar-refractivity contribution is 5.86. The molecule has 3 aromatic rings. The molecule has 0 unspecified atom stereocenters. The average molecular weight is 522 g/mol. The zero-order chi connectivity index (χ0) is 26.7. The maximum atomic E-state index is 14.8. The fourth-order valence-electron chi connectivity index (χ4n) is 4.48. The van der Waals surface area contributed by atoms with Crippen LogP contribution < -0.4 is 4.90 Å². The van der Waals surface area contributed by atoms with Gasteiger partial charge in [-0.15, -0.1) is 0 Å². The molecule has 2 aliphatic heterocycles. The highest BCUT2D eigenvalue weighted by atomic mass is 19.4. The summed E-state index contributed by atoms with van der Waals surface area (Å²) >= 11 is 0. The molecule has 0 spiro atoms.